The van der Waals surface area contributed by atoms with Crippen molar-refractivity contribution in [2.45, 2.75) is 40.5 Å². The number of nitrogens with zero attached hydrogens (tertiary/aromatic N) is 2. The van der Waals surface area contributed by atoms with E-state index in [0.29, 0.717) is 24.1 Å². The summed E-state index contributed by atoms with van der Waals surface area (Å²) in [5, 5.41) is 0.779. The second-order valence-corrected chi connectivity index (χ2v) is 9.19. The highest BCUT2D eigenvalue weighted by atomic mass is 31.2. The van der Waals surface area contributed by atoms with E-state index in [9.17, 15) is 8.96 Å². The van der Waals surface area contributed by atoms with Gasteiger partial charge in [-0.1, -0.05) is 26.0 Å². The molecule has 0 N–H and O–H groups in total. The molecule has 4 heterocycles. The van der Waals surface area contributed by atoms with Crippen LogP contribution >= 0.6 is 7.82 Å². The first kappa shape index (κ1) is 18.5. The first-order valence-corrected chi connectivity index (χ1v) is 10.9. The second-order valence-electron chi connectivity index (χ2n) is 7.67. The zero-order valence-corrected chi connectivity index (χ0v) is 17.2. The number of rotatable bonds is 5. The summed E-state index contributed by atoms with van der Waals surface area (Å²) in [6.45, 7) is 7.22. The lowest BCUT2D eigenvalue weighted by molar-refractivity contribution is 0.210. The maximum Gasteiger partial charge on any atom is 0.589 e. The lowest BCUT2D eigenvalue weighted by atomic mass is 10.1. The Morgan fingerprint density at radius 1 is 1.28 bits per heavy atom. The minimum Gasteiger partial charge on any atom is -0.471 e. The summed E-state index contributed by atoms with van der Waals surface area (Å²) >= 11 is 0. The van der Waals surface area contributed by atoms with Crippen molar-refractivity contribution in [3.05, 3.63) is 46.9 Å². The largest absolute Gasteiger partial charge is 0.589 e. The van der Waals surface area contributed by atoms with Gasteiger partial charge in [-0.05, 0) is 36.1 Å². The van der Waals surface area contributed by atoms with Gasteiger partial charge < -0.3 is 18.4 Å². The molecule has 1 unspecified atom stereocenters. The number of phosphoric ester groups is 1. The summed E-state index contributed by atoms with van der Waals surface area (Å²) in [6, 6.07) is 6.09. The predicted molar refractivity (Wildman–Crippen MR) is 104 cm³/mol. The van der Waals surface area contributed by atoms with Gasteiger partial charge in [0, 0.05) is 12.2 Å². The van der Waals surface area contributed by atoms with Crippen LogP contribution in [0.2, 0.25) is 0 Å². The fourth-order valence-corrected chi connectivity index (χ4v) is 4.91. The van der Waals surface area contributed by atoms with E-state index in [2.05, 4.69) is 23.4 Å². The summed E-state index contributed by atoms with van der Waals surface area (Å²) in [5.74, 6) is 0.842. The van der Waals surface area contributed by atoms with Crippen molar-refractivity contribution >= 4 is 18.7 Å². The molecule has 7 nitrogen and oxygen atoms in total. The van der Waals surface area contributed by atoms with Crippen molar-refractivity contribution in [1.82, 2.24) is 9.55 Å². The normalized spacial score (nSPS) is 19.5. The van der Waals surface area contributed by atoms with E-state index < -0.39 is 7.82 Å². The van der Waals surface area contributed by atoms with Crippen molar-refractivity contribution < 1.29 is 27.3 Å². The number of hydrogen-bond donors (Lipinski definition) is 0. The third-order valence-corrected chi connectivity index (χ3v) is 6.31. The summed E-state index contributed by atoms with van der Waals surface area (Å²) < 4.78 is 50.6. The molecule has 29 heavy (non-hydrogen) atoms. The fourth-order valence-electron chi connectivity index (χ4n) is 3.76. The summed E-state index contributed by atoms with van der Waals surface area (Å²) in [6.07, 6.45) is 0. The molecule has 2 aliphatic heterocycles. The summed E-state index contributed by atoms with van der Waals surface area (Å²) in [7, 11) is -3.74. The Balaban J connectivity index is 1.67. The number of fused-ring (bicyclic) bond motifs is 2. The highest BCUT2D eigenvalue weighted by Crippen LogP contribution is 2.63. The van der Waals surface area contributed by atoms with E-state index in [4.69, 9.17) is 18.3 Å². The molecule has 0 aliphatic carbocycles. The van der Waals surface area contributed by atoms with E-state index in [0.717, 1.165) is 27.7 Å². The van der Waals surface area contributed by atoms with Crippen molar-refractivity contribution in [1.29, 1.82) is 0 Å². The molecule has 152 valence electrons. The van der Waals surface area contributed by atoms with Gasteiger partial charge in [-0.2, -0.15) is 4.98 Å². The highest BCUT2D eigenvalue weighted by Gasteiger charge is 2.45. The molecule has 2 aromatic heterocycles. The van der Waals surface area contributed by atoms with Gasteiger partial charge in [-0.25, -0.2) is 8.96 Å². The Morgan fingerprint density at radius 3 is 2.76 bits per heavy atom. The molecular formula is C20H20FN2O5P. The minimum atomic E-state index is -3.74. The highest BCUT2D eigenvalue weighted by molar-refractivity contribution is 7.49. The van der Waals surface area contributed by atoms with Crippen LogP contribution in [-0.2, 0) is 28.8 Å². The van der Waals surface area contributed by atoms with E-state index >= 15 is 0 Å². The number of ether oxygens (including phenoxy) is 1. The van der Waals surface area contributed by atoms with Gasteiger partial charge in [0.1, 0.15) is 24.5 Å². The summed E-state index contributed by atoms with van der Waals surface area (Å²) in [5.41, 5.74) is 3.42. The van der Waals surface area contributed by atoms with Crippen molar-refractivity contribution in [2.75, 3.05) is 0 Å². The fraction of sp³-hybridized carbons (Fsp3) is 0.350. The molecule has 1 aromatic carbocycles. The van der Waals surface area contributed by atoms with Crippen molar-refractivity contribution in [2.24, 2.45) is 5.92 Å². The van der Waals surface area contributed by atoms with Crippen molar-refractivity contribution in [3.8, 4) is 17.5 Å². The van der Waals surface area contributed by atoms with Gasteiger partial charge in [0.05, 0.1) is 5.39 Å². The van der Waals surface area contributed by atoms with Crippen LogP contribution in [0, 0.1) is 18.7 Å². The van der Waals surface area contributed by atoms with Crippen LogP contribution in [0.5, 0.6) is 17.5 Å². The standard InChI is InChI=1S/C20H20FN2O5P/c1-11(2)8-23-15-10-26-29(24)27-18-16(12(15)3)17(23)19(22-20(18)28-29)25-9-13-4-6-14(21)7-5-13/h4-7,11H,8-10H2,1-3H3. The molecular weight excluding hydrogens is 398 g/mol. The quantitative estimate of drug-likeness (QED) is 0.535. The zero-order chi connectivity index (χ0) is 20.3. The molecule has 0 amide bonds. The molecule has 0 saturated heterocycles. The third kappa shape index (κ3) is 2.98. The van der Waals surface area contributed by atoms with Gasteiger partial charge in [0.15, 0.2) is 0 Å². The topological polar surface area (TPSA) is 71.8 Å². The van der Waals surface area contributed by atoms with Crippen LogP contribution in [0.1, 0.15) is 30.7 Å². The van der Waals surface area contributed by atoms with Crippen LogP contribution in [0.4, 0.5) is 4.39 Å². The average molecular weight is 418 g/mol. The lowest BCUT2D eigenvalue weighted by Gasteiger charge is -2.17. The van der Waals surface area contributed by atoms with Crippen LogP contribution in [0.25, 0.3) is 10.9 Å². The van der Waals surface area contributed by atoms with Crippen LogP contribution in [0.3, 0.4) is 0 Å². The smallest absolute Gasteiger partial charge is 0.471 e. The van der Waals surface area contributed by atoms with Crippen molar-refractivity contribution in [3.63, 3.8) is 0 Å². The number of hydrogen-bond acceptors (Lipinski definition) is 6. The van der Waals surface area contributed by atoms with Gasteiger partial charge in [-0.3, -0.25) is 4.52 Å². The molecule has 0 spiro atoms. The molecule has 0 saturated carbocycles. The molecule has 0 radical (unpaired) electrons. The maximum absolute atomic E-state index is 13.2. The molecule has 4 bridgehead atoms. The van der Waals surface area contributed by atoms with E-state index in [1.54, 1.807) is 12.1 Å². The molecule has 1 atom stereocenters. The first-order chi connectivity index (χ1) is 13.8. The zero-order valence-electron chi connectivity index (χ0n) is 16.3. The molecule has 2 aliphatic rings. The van der Waals surface area contributed by atoms with Crippen LogP contribution in [0.15, 0.2) is 24.3 Å². The Hall–Kier alpha value is -2.57. The Labute approximate surface area is 167 Å². The Morgan fingerprint density at radius 2 is 2.03 bits per heavy atom. The van der Waals surface area contributed by atoms with Gasteiger partial charge in [0.2, 0.25) is 11.6 Å². The Kier molecular flexibility index (Phi) is 4.12. The number of benzene rings is 1. The maximum atomic E-state index is 13.2. The van der Waals surface area contributed by atoms with E-state index in [1.807, 2.05) is 6.92 Å². The SMILES string of the molecule is Cc1c2n(CC(C)C)c3c(OCc4ccc(F)cc4)nc4c(c13)OP(=O)(OC2)O4. The minimum absolute atomic E-state index is 0.105. The predicted octanol–water partition coefficient (Wildman–Crippen LogP) is 5.13. The van der Waals surface area contributed by atoms with Crippen LogP contribution in [-0.4, -0.2) is 9.55 Å². The lowest BCUT2D eigenvalue weighted by Crippen LogP contribution is -2.12. The van der Waals surface area contributed by atoms with Crippen LogP contribution < -0.4 is 13.8 Å². The molecule has 9 heteroatoms. The van der Waals surface area contributed by atoms with Gasteiger partial charge >= 0.3 is 7.82 Å². The molecule has 3 aromatic rings. The summed E-state index contributed by atoms with van der Waals surface area (Å²) in [4.78, 5) is 4.45. The van der Waals surface area contributed by atoms with Gasteiger partial charge in [-0.15, -0.1) is 0 Å². The van der Waals surface area contributed by atoms with E-state index in [-0.39, 0.29) is 24.9 Å². The Bertz CT molecular complexity index is 1170. The third-order valence-electron chi connectivity index (χ3n) is 5.06. The molecule has 5 rings (SSSR count). The number of phosphoric acid groups is 1. The average Bonchev–Trinajstić information content (AvgIpc) is 3.14. The monoisotopic (exact) mass is 418 g/mol. The number of aryl methyl sites for hydroxylation is 1. The molecule has 0 fully saturated rings. The first-order valence-electron chi connectivity index (χ1n) is 9.41. The van der Waals surface area contributed by atoms with Gasteiger partial charge in [0.25, 0.3) is 5.88 Å². The number of aromatic nitrogens is 2. The van der Waals surface area contributed by atoms with E-state index in [1.165, 1.54) is 12.1 Å². The number of halogens is 1. The second kappa shape index (κ2) is 6.47. The number of pyridine rings is 1.